The van der Waals surface area contributed by atoms with Gasteiger partial charge < -0.3 is 23.8 Å². The molecule has 0 saturated carbocycles. The molecule has 2 aliphatic rings. The average molecular weight is 649 g/mol. The van der Waals surface area contributed by atoms with E-state index in [9.17, 15) is 9.18 Å². The summed E-state index contributed by atoms with van der Waals surface area (Å²) in [6, 6.07) is 11.8. The largest absolute Gasteiger partial charge is 0.494 e. The van der Waals surface area contributed by atoms with E-state index in [1.165, 1.54) is 25.6 Å². The van der Waals surface area contributed by atoms with Crippen molar-refractivity contribution in [3.05, 3.63) is 72.8 Å². The molecule has 2 aliphatic heterocycles. The van der Waals surface area contributed by atoms with E-state index < -0.39 is 18.0 Å². The zero-order chi connectivity index (χ0) is 33.1. The first-order valence-corrected chi connectivity index (χ1v) is 15.8. The number of halogens is 1. The van der Waals surface area contributed by atoms with Crippen LogP contribution < -0.4 is 14.4 Å². The summed E-state index contributed by atoms with van der Waals surface area (Å²) in [5, 5.41) is 5.20. The Hall–Kier alpha value is -5.66. The van der Waals surface area contributed by atoms with Crippen molar-refractivity contribution in [3.63, 3.8) is 0 Å². The number of aromatic nitrogens is 8. The van der Waals surface area contributed by atoms with Gasteiger partial charge in [0.15, 0.2) is 5.65 Å². The first-order valence-electron chi connectivity index (χ1n) is 15.8. The molecule has 0 aliphatic carbocycles. The molecule has 0 radical (unpaired) electrons. The molecular weight excluding hydrogens is 615 g/mol. The van der Waals surface area contributed by atoms with Crippen molar-refractivity contribution in [2.75, 3.05) is 32.1 Å². The molecule has 2 aromatic carbocycles. The van der Waals surface area contributed by atoms with Gasteiger partial charge in [-0.1, -0.05) is 19.1 Å². The topological polar surface area (TPSA) is 129 Å². The van der Waals surface area contributed by atoms with E-state index in [2.05, 4.69) is 31.5 Å². The van der Waals surface area contributed by atoms with Gasteiger partial charge in [0.1, 0.15) is 47.4 Å². The molecule has 6 heterocycles. The standard InChI is InChI=1S/C34H33FN10O3/c1-19-15-42(3)33(46)28-13-22(48-34-36-11-10-25(41-34)23-6-5-7-26-30(23)43(16-19)20(2)40-26)17-44(28)31-24-14-39-45(32(24)38-18-37-31)27-9-8-21(35)12-29(27)47-4/h5-12,14,18-19,22,28H,13,15-17H2,1-4H3/t19-,22+,28+/m1/s1. The third-order valence-corrected chi connectivity index (χ3v) is 9.13. The number of carbonyl (C=O) groups is 1. The third-order valence-electron chi connectivity index (χ3n) is 9.13. The highest BCUT2D eigenvalue weighted by atomic mass is 19.1. The second-order valence-corrected chi connectivity index (χ2v) is 12.4. The number of methoxy groups -OCH3 is 1. The Bertz CT molecular complexity index is 2200. The van der Waals surface area contributed by atoms with E-state index in [1.807, 2.05) is 43.1 Å². The first-order chi connectivity index (χ1) is 23.3. The maximum Gasteiger partial charge on any atom is 0.317 e. The van der Waals surface area contributed by atoms with Crippen LogP contribution in [0.5, 0.6) is 11.8 Å². The lowest BCUT2D eigenvalue weighted by Crippen LogP contribution is -2.46. The van der Waals surface area contributed by atoms with Gasteiger partial charge in [-0.3, -0.25) is 4.79 Å². The molecule has 6 aromatic rings. The van der Waals surface area contributed by atoms with E-state index in [0.717, 1.165) is 28.1 Å². The zero-order valence-electron chi connectivity index (χ0n) is 26.9. The highest BCUT2D eigenvalue weighted by Gasteiger charge is 2.42. The lowest BCUT2D eigenvalue weighted by molar-refractivity contribution is -0.131. The molecule has 8 rings (SSSR count). The fourth-order valence-electron chi connectivity index (χ4n) is 7.02. The summed E-state index contributed by atoms with van der Waals surface area (Å²) in [6.07, 6.45) is 4.78. The van der Waals surface area contributed by atoms with Gasteiger partial charge in [-0.05, 0) is 37.1 Å². The van der Waals surface area contributed by atoms with Crippen LogP contribution in [0.4, 0.5) is 10.2 Å². The Kier molecular flexibility index (Phi) is 7.15. The molecule has 0 spiro atoms. The molecule has 1 fully saturated rings. The molecule has 0 unspecified atom stereocenters. The van der Waals surface area contributed by atoms with Crippen LogP contribution in [0.3, 0.4) is 0 Å². The van der Waals surface area contributed by atoms with Crippen molar-refractivity contribution in [2.24, 2.45) is 5.92 Å². The van der Waals surface area contributed by atoms with Gasteiger partial charge in [0.2, 0.25) is 5.91 Å². The van der Waals surface area contributed by atoms with Crippen LogP contribution >= 0.6 is 0 Å². The fraction of sp³-hybridized carbons (Fsp3) is 0.324. The second-order valence-electron chi connectivity index (χ2n) is 12.4. The Balaban J connectivity index is 1.21. The maximum absolute atomic E-state index is 14.3. The number of nitrogens with zero attached hydrogens (tertiary/aromatic N) is 10. The van der Waals surface area contributed by atoms with Crippen LogP contribution in [-0.4, -0.2) is 89.5 Å². The maximum atomic E-state index is 14.3. The Labute approximate surface area is 275 Å². The van der Waals surface area contributed by atoms with Crippen molar-refractivity contribution in [3.8, 4) is 28.7 Å². The molecule has 244 valence electrons. The number of amides is 1. The Morgan fingerprint density at radius 2 is 1.92 bits per heavy atom. The van der Waals surface area contributed by atoms with Gasteiger partial charge in [-0.2, -0.15) is 10.1 Å². The minimum absolute atomic E-state index is 0.0512. The third kappa shape index (κ3) is 4.95. The number of carbonyl (C=O) groups excluding carboxylic acids is 1. The van der Waals surface area contributed by atoms with Gasteiger partial charge in [0.05, 0.1) is 42.0 Å². The van der Waals surface area contributed by atoms with Crippen LogP contribution in [-0.2, 0) is 11.3 Å². The number of rotatable bonds is 3. The quantitative estimate of drug-likeness (QED) is 0.275. The Morgan fingerprint density at radius 1 is 1.04 bits per heavy atom. The van der Waals surface area contributed by atoms with Gasteiger partial charge >= 0.3 is 6.01 Å². The number of ether oxygens (including phenoxy) is 2. The van der Waals surface area contributed by atoms with Gasteiger partial charge in [0.25, 0.3) is 0 Å². The van der Waals surface area contributed by atoms with Gasteiger partial charge in [-0.15, -0.1) is 0 Å². The van der Waals surface area contributed by atoms with Crippen LogP contribution in [0.25, 0.3) is 39.0 Å². The van der Waals surface area contributed by atoms with Crippen LogP contribution in [0, 0.1) is 18.7 Å². The summed E-state index contributed by atoms with van der Waals surface area (Å²) in [5.74, 6) is 1.38. The number of hydrogen-bond acceptors (Lipinski definition) is 10. The van der Waals surface area contributed by atoms with Gasteiger partial charge in [0, 0.05) is 44.4 Å². The van der Waals surface area contributed by atoms with E-state index in [0.29, 0.717) is 54.3 Å². The SMILES string of the molecule is COc1cc(F)ccc1-n1ncc2c(N3C[C@@H]4C[C@H]3C(=O)N(C)C[C@@H](C)Cn3c(C)nc5cccc(c53)-c3ccnc(n3)O4)ncnc21. The molecule has 1 saturated heterocycles. The van der Waals surface area contributed by atoms with Crippen LogP contribution in [0.15, 0.2) is 61.2 Å². The smallest absolute Gasteiger partial charge is 0.317 e. The summed E-state index contributed by atoms with van der Waals surface area (Å²) >= 11 is 0. The van der Waals surface area contributed by atoms with Crippen LogP contribution in [0.1, 0.15) is 19.2 Å². The number of anilines is 1. The van der Waals surface area contributed by atoms with Crippen molar-refractivity contribution >= 4 is 33.8 Å². The van der Waals surface area contributed by atoms with E-state index in [4.69, 9.17) is 19.4 Å². The van der Waals surface area contributed by atoms with Crippen LogP contribution in [0.2, 0.25) is 0 Å². The highest BCUT2D eigenvalue weighted by Crippen LogP contribution is 2.35. The molecule has 48 heavy (non-hydrogen) atoms. The van der Waals surface area contributed by atoms with E-state index in [1.54, 1.807) is 28.0 Å². The lowest BCUT2D eigenvalue weighted by atomic mass is 10.1. The highest BCUT2D eigenvalue weighted by molar-refractivity contribution is 5.93. The predicted octanol–water partition coefficient (Wildman–Crippen LogP) is 4.21. The number of para-hydroxylation sites is 1. The second kappa shape index (κ2) is 11.5. The predicted molar refractivity (Wildman–Crippen MR) is 176 cm³/mol. The number of likely N-dealkylation sites (N-methyl/N-ethyl adjacent to an activating group) is 1. The number of aryl methyl sites for hydroxylation is 1. The van der Waals surface area contributed by atoms with Crippen molar-refractivity contribution in [1.29, 1.82) is 0 Å². The normalized spacial score (nSPS) is 19.8. The average Bonchev–Trinajstić information content (AvgIpc) is 3.79. The molecule has 4 bridgehead atoms. The zero-order valence-corrected chi connectivity index (χ0v) is 26.9. The summed E-state index contributed by atoms with van der Waals surface area (Å²) < 4.78 is 29.6. The number of hydrogen-bond donors (Lipinski definition) is 0. The molecular formula is C34H33FN10O3. The molecule has 0 N–H and O–H groups in total. The summed E-state index contributed by atoms with van der Waals surface area (Å²) in [7, 11) is 3.31. The lowest BCUT2D eigenvalue weighted by Gasteiger charge is -2.30. The monoisotopic (exact) mass is 648 g/mol. The molecule has 14 heteroatoms. The Morgan fingerprint density at radius 3 is 2.77 bits per heavy atom. The summed E-state index contributed by atoms with van der Waals surface area (Å²) in [6.45, 7) is 5.70. The van der Waals surface area contributed by atoms with Gasteiger partial charge in [-0.25, -0.2) is 29.0 Å². The van der Waals surface area contributed by atoms with Crippen molar-refractivity contribution in [2.45, 2.75) is 39.0 Å². The first kappa shape index (κ1) is 29.7. The molecule has 4 aromatic heterocycles. The molecule has 13 nitrogen and oxygen atoms in total. The minimum atomic E-state index is -0.582. The molecule has 1 amide bonds. The van der Waals surface area contributed by atoms with E-state index in [-0.39, 0.29) is 17.8 Å². The number of imidazole rings is 1. The number of fused-ring (bicyclic) bond motifs is 6. The van der Waals surface area contributed by atoms with Crippen molar-refractivity contribution in [1.82, 2.24) is 44.2 Å². The molecule has 3 atom stereocenters. The number of benzene rings is 2. The van der Waals surface area contributed by atoms with E-state index >= 15 is 0 Å². The minimum Gasteiger partial charge on any atom is -0.494 e. The summed E-state index contributed by atoms with van der Waals surface area (Å²) in [4.78, 5) is 41.3. The van der Waals surface area contributed by atoms with Crippen molar-refractivity contribution < 1.29 is 18.7 Å². The summed E-state index contributed by atoms with van der Waals surface area (Å²) in [5.41, 5.74) is 4.56. The fourth-order valence-corrected chi connectivity index (χ4v) is 7.02.